The van der Waals surface area contributed by atoms with Gasteiger partial charge >= 0.3 is 5.69 Å². The molecular weight excluding hydrogens is 314 g/mol. The summed E-state index contributed by atoms with van der Waals surface area (Å²) >= 11 is 5.87. The van der Waals surface area contributed by atoms with E-state index in [0.29, 0.717) is 10.7 Å². The molecule has 116 valence electrons. The molecule has 0 aliphatic heterocycles. The van der Waals surface area contributed by atoms with E-state index in [1.54, 1.807) is 24.3 Å². The molecule has 5 nitrogen and oxygen atoms in total. The van der Waals surface area contributed by atoms with Crippen LogP contribution in [0.2, 0.25) is 5.02 Å². The second kappa shape index (κ2) is 6.14. The van der Waals surface area contributed by atoms with Crippen LogP contribution >= 0.6 is 11.6 Å². The van der Waals surface area contributed by atoms with Gasteiger partial charge in [0.05, 0.1) is 12.2 Å². The van der Waals surface area contributed by atoms with Gasteiger partial charge in [-0.25, -0.2) is 9.36 Å². The molecular formula is C17H14ClN3O2. The smallest absolute Gasteiger partial charge is 0.337 e. The first-order valence-electron chi connectivity index (χ1n) is 6.98. The Morgan fingerprint density at radius 2 is 1.61 bits per heavy atom. The Morgan fingerprint density at radius 3 is 2.26 bits per heavy atom. The van der Waals surface area contributed by atoms with Gasteiger partial charge in [0.2, 0.25) is 0 Å². The molecule has 1 heterocycles. The first-order chi connectivity index (χ1) is 11.1. The van der Waals surface area contributed by atoms with Gasteiger partial charge < -0.3 is 5.73 Å². The van der Waals surface area contributed by atoms with E-state index in [1.165, 1.54) is 10.6 Å². The highest BCUT2D eigenvalue weighted by atomic mass is 35.5. The number of nitrogens with two attached hydrogens (primary N) is 1. The van der Waals surface area contributed by atoms with Gasteiger partial charge in [-0.3, -0.25) is 9.36 Å². The minimum atomic E-state index is -0.485. The van der Waals surface area contributed by atoms with Crippen molar-refractivity contribution in [3.05, 3.63) is 92.1 Å². The van der Waals surface area contributed by atoms with E-state index in [4.69, 9.17) is 17.3 Å². The molecule has 0 atom stereocenters. The zero-order valence-electron chi connectivity index (χ0n) is 12.1. The minimum absolute atomic E-state index is 0.0895. The first kappa shape index (κ1) is 15.1. The standard InChI is InChI=1S/C17H14ClN3O2/c18-13-6-8-14(9-7-13)21-15(19)10-16(22)20(17(21)23)11-12-4-2-1-3-5-12/h1-10H,11,19H2. The normalized spacial score (nSPS) is 10.7. The molecule has 0 saturated carbocycles. The summed E-state index contributed by atoms with van der Waals surface area (Å²) in [6.07, 6.45) is 0. The number of rotatable bonds is 3. The Kier molecular flexibility index (Phi) is 4.04. The second-order valence-corrected chi connectivity index (χ2v) is 5.51. The Balaban J connectivity index is 2.15. The Hall–Kier alpha value is -2.79. The van der Waals surface area contributed by atoms with Crippen molar-refractivity contribution in [2.45, 2.75) is 6.54 Å². The molecule has 0 radical (unpaired) electrons. The first-order valence-corrected chi connectivity index (χ1v) is 7.36. The van der Waals surface area contributed by atoms with Crippen LogP contribution in [0.15, 0.2) is 70.3 Å². The summed E-state index contributed by atoms with van der Waals surface area (Å²) in [5, 5.41) is 0.554. The van der Waals surface area contributed by atoms with Gasteiger partial charge in [-0.1, -0.05) is 41.9 Å². The molecule has 0 saturated heterocycles. The van der Waals surface area contributed by atoms with E-state index in [2.05, 4.69) is 0 Å². The fraction of sp³-hybridized carbons (Fsp3) is 0.0588. The number of nitrogen functional groups attached to an aromatic ring is 1. The van der Waals surface area contributed by atoms with Crippen LogP contribution in [-0.4, -0.2) is 9.13 Å². The SMILES string of the molecule is Nc1cc(=O)n(Cc2ccccc2)c(=O)n1-c1ccc(Cl)cc1. The molecule has 3 rings (SSSR count). The predicted molar refractivity (Wildman–Crippen MR) is 91.3 cm³/mol. The quantitative estimate of drug-likeness (QED) is 0.802. The lowest BCUT2D eigenvalue weighted by Gasteiger charge is -2.13. The monoisotopic (exact) mass is 327 g/mol. The van der Waals surface area contributed by atoms with Crippen LogP contribution in [0.5, 0.6) is 0 Å². The maximum Gasteiger partial charge on any atom is 0.337 e. The van der Waals surface area contributed by atoms with Crippen LogP contribution in [0.3, 0.4) is 0 Å². The number of aromatic nitrogens is 2. The summed E-state index contributed by atoms with van der Waals surface area (Å²) < 4.78 is 2.45. The van der Waals surface area contributed by atoms with Crippen molar-refractivity contribution < 1.29 is 0 Å². The van der Waals surface area contributed by atoms with E-state index >= 15 is 0 Å². The molecule has 2 aromatic carbocycles. The lowest BCUT2D eigenvalue weighted by Crippen LogP contribution is -2.40. The molecule has 0 bridgehead atoms. The molecule has 6 heteroatoms. The van der Waals surface area contributed by atoms with Crippen LogP contribution in [0.1, 0.15) is 5.56 Å². The van der Waals surface area contributed by atoms with Crippen LogP contribution in [0.4, 0.5) is 5.82 Å². The molecule has 3 aromatic rings. The fourth-order valence-electron chi connectivity index (χ4n) is 2.36. The third kappa shape index (κ3) is 3.05. The van der Waals surface area contributed by atoms with E-state index in [-0.39, 0.29) is 12.4 Å². The van der Waals surface area contributed by atoms with Crippen molar-refractivity contribution >= 4 is 17.4 Å². The maximum atomic E-state index is 12.7. The molecule has 2 N–H and O–H groups in total. The van der Waals surface area contributed by atoms with Gasteiger partial charge in [-0.15, -0.1) is 0 Å². The molecule has 0 aliphatic rings. The Labute approximate surface area is 137 Å². The molecule has 23 heavy (non-hydrogen) atoms. The van der Waals surface area contributed by atoms with Crippen molar-refractivity contribution in [2.75, 3.05) is 5.73 Å². The van der Waals surface area contributed by atoms with Crippen molar-refractivity contribution in [3.63, 3.8) is 0 Å². The second-order valence-electron chi connectivity index (χ2n) is 5.07. The summed E-state index contributed by atoms with van der Waals surface area (Å²) in [4.78, 5) is 24.9. The van der Waals surface area contributed by atoms with Crippen LogP contribution in [-0.2, 0) is 6.54 Å². The number of benzene rings is 2. The summed E-state index contributed by atoms with van der Waals surface area (Å²) in [5.41, 5.74) is 6.37. The summed E-state index contributed by atoms with van der Waals surface area (Å²) in [6, 6.07) is 17.2. The topological polar surface area (TPSA) is 70.0 Å². The van der Waals surface area contributed by atoms with Gasteiger partial charge in [0.25, 0.3) is 5.56 Å². The van der Waals surface area contributed by atoms with Crippen LogP contribution < -0.4 is 17.0 Å². The third-order valence-electron chi connectivity index (χ3n) is 3.49. The van der Waals surface area contributed by atoms with Crippen molar-refractivity contribution in [2.24, 2.45) is 0 Å². The fourth-order valence-corrected chi connectivity index (χ4v) is 2.48. The van der Waals surface area contributed by atoms with Crippen molar-refractivity contribution in [1.29, 1.82) is 0 Å². The van der Waals surface area contributed by atoms with E-state index in [9.17, 15) is 9.59 Å². The number of hydrogen-bond donors (Lipinski definition) is 1. The molecule has 1 aromatic heterocycles. The zero-order valence-corrected chi connectivity index (χ0v) is 12.9. The molecule has 0 unspecified atom stereocenters. The van der Waals surface area contributed by atoms with Gasteiger partial charge in [0, 0.05) is 11.1 Å². The summed E-state index contributed by atoms with van der Waals surface area (Å²) in [6.45, 7) is 0.187. The number of anilines is 1. The van der Waals surface area contributed by atoms with Crippen molar-refractivity contribution in [3.8, 4) is 5.69 Å². The number of hydrogen-bond acceptors (Lipinski definition) is 3. The highest BCUT2D eigenvalue weighted by molar-refractivity contribution is 6.30. The Morgan fingerprint density at radius 1 is 0.957 bits per heavy atom. The molecule has 0 amide bonds. The van der Waals surface area contributed by atoms with Gasteiger partial charge in [0.15, 0.2) is 0 Å². The molecule has 0 aliphatic carbocycles. The largest absolute Gasteiger partial charge is 0.385 e. The predicted octanol–water partition coefficient (Wildman–Crippen LogP) is 2.28. The van der Waals surface area contributed by atoms with Crippen molar-refractivity contribution in [1.82, 2.24) is 9.13 Å². The summed E-state index contributed by atoms with van der Waals surface area (Å²) in [5.74, 6) is 0.0895. The zero-order chi connectivity index (χ0) is 16.4. The Bertz CT molecular complexity index is 944. The average molecular weight is 328 g/mol. The van der Waals surface area contributed by atoms with E-state index in [1.807, 2.05) is 30.3 Å². The molecule has 0 spiro atoms. The van der Waals surface area contributed by atoms with Crippen LogP contribution in [0, 0.1) is 0 Å². The third-order valence-corrected chi connectivity index (χ3v) is 3.74. The van der Waals surface area contributed by atoms with Crippen LogP contribution in [0.25, 0.3) is 5.69 Å². The van der Waals surface area contributed by atoms with E-state index < -0.39 is 11.2 Å². The highest BCUT2D eigenvalue weighted by Gasteiger charge is 2.11. The number of nitrogens with zero attached hydrogens (tertiary/aromatic N) is 2. The van der Waals surface area contributed by atoms with Gasteiger partial charge in [-0.05, 0) is 29.8 Å². The molecule has 0 fully saturated rings. The minimum Gasteiger partial charge on any atom is -0.385 e. The highest BCUT2D eigenvalue weighted by Crippen LogP contribution is 2.14. The lowest BCUT2D eigenvalue weighted by atomic mass is 10.2. The van der Waals surface area contributed by atoms with E-state index in [0.717, 1.165) is 10.1 Å². The van der Waals surface area contributed by atoms with Gasteiger partial charge in [-0.2, -0.15) is 0 Å². The number of halogens is 1. The van der Waals surface area contributed by atoms with Gasteiger partial charge in [0.1, 0.15) is 5.82 Å². The lowest BCUT2D eigenvalue weighted by molar-refractivity contribution is 0.673. The maximum absolute atomic E-state index is 12.7. The average Bonchev–Trinajstić information content (AvgIpc) is 2.54. The summed E-state index contributed by atoms with van der Waals surface area (Å²) in [7, 11) is 0.